The topological polar surface area (TPSA) is 29.9 Å². The van der Waals surface area contributed by atoms with Gasteiger partial charge in [0.2, 0.25) is 0 Å². The van der Waals surface area contributed by atoms with Gasteiger partial charge in [0, 0.05) is 18.8 Å². The molecule has 1 aliphatic carbocycles. The van der Waals surface area contributed by atoms with Gasteiger partial charge in [0.25, 0.3) is 0 Å². The van der Waals surface area contributed by atoms with E-state index in [1.165, 1.54) is 6.42 Å². The predicted octanol–water partition coefficient (Wildman–Crippen LogP) is 2.37. The van der Waals surface area contributed by atoms with E-state index in [-0.39, 0.29) is 0 Å². The normalized spacial score (nSPS) is 22.6. The molecule has 3 rings (SSSR count). The van der Waals surface area contributed by atoms with Gasteiger partial charge in [0.1, 0.15) is 0 Å². The molecule has 1 N–H and O–H groups in total. The van der Waals surface area contributed by atoms with Crippen LogP contribution in [0.4, 0.5) is 0 Å². The molecule has 0 aliphatic heterocycles. The molecule has 2 unspecified atom stereocenters. The Morgan fingerprint density at radius 2 is 2.06 bits per heavy atom. The van der Waals surface area contributed by atoms with Gasteiger partial charge in [0.05, 0.1) is 11.4 Å². The van der Waals surface area contributed by atoms with Crippen LogP contribution >= 0.6 is 0 Å². The molecule has 1 saturated carbocycles. The van der Waals surface area contributed by atoms with Gasteiger partial charge in [-0.25, -0.2) is 4.68 Å². The quantitative estimate of drug-likeness (QED) is 0.869. The van der Waals surface area contributed by atoms with Crippen molar-refractivity contribution in [3.63, 3.8) is 0 Å². The maximum Gasteiger partial charge on any atom is 0.0766 e. The van der Waals surface area contributed by atoms with Gasteiger partial charge in [-0.2, -0.15) is 5.10 Å². The van der Waals surface area contributed by atoms with Crippen LogP contribution in [-0.2, 0) is 6.54 Å². The third-order valence-corrected chi connectivity index (χ3v) is 3.32. The number of aromatic nitrogens is 2. The van der Waals surface area contributed by atoms with Gasteiger partial charge >= 0.3 is 0 Å². The van der Waals surface area contributed by atoms with E-state index >= 15 is 0 Å². The molecule has 1 aromatic carbocycles. The molecule has 2 atom stereocenters. The van der Waals surface area contributed by atoms with Crippen molar-refractivity contribution >= 4 is 0 Å². The molecule has 0 bridgehead atoms. The second-order valence-corrected chi connectivity index (χ2v) is 4.79. The van der Waals surface area contributed by atoms with Crippen LogP contribution in [0.2, 0.25) is 0 Å². The number of benzene rings is 1. The minimum Gasteiger partial charge on any atom is -0.308 e. The van der Waals surface area contributed by atoms with Gasteiger partial charge in [-0.3, -0.25) is 0 Å². The summed E-state index contributed by atoms with van der Waals surface area (Å²) in [5.74, 6) is 0.839. The highest BCUT2D eigenvalue weighted by Gasteiger charge is 2.31. The van der Waals surface area contributed by atoms with Crippen molar-refractivity contribution in [2.45, 2.75) is 25.9 Å². The van der Waals surface area contributed by atoms with Crippen LogP contribution in [0, 0.1) is 5.92 Å². The third kappa shape index (κ3) is 2.39. The van der Waals surface area contributed by atoms with Crippen molar-refractivity contribution in [2.24, 2.45) is 5.92 Å². The van der Waals surface area contributed by atoms with Gasteiger partial charge in [-0.05, 0) is 30.5 Å². The maximum atomic E-state index is 4.56. The van der Waals surface area contributed by atoms with Gasteiger partial charge in [-0.1, -0.05) is 25.1 Å². The molecule has 1 fully saturated rings. The summed E-state index contributed by atoms with van der Waals surface area (Å²) < 4.78 is 1.92. The lowest BCUT2D eigenvalue weighted by atomic mass is 10.3. The van der Waals surface area contributed by atoms with Crippen molar-refractivity contribution in [1.29, 1.82) is 0 Å². The first kappa shape index (κ1) is 10.5. The van der Waals surface area contributed by atoms with Crippen LogP contribution in [0.1, 0.15) is 19.0 Å². The minimum absolute atomic E-state index is 0.705. The molecule has 1 heterocycles. The van der Waals surface area contributed by atoms with E-state index in [0.717, 1.165) is 23.8 Å². The second kappa shape index (κ2) is 4.34. The summed E-state index contributed by atoms with van der Waals surface area (Å²) in [6, 6.07) is 13.0. The number of hydrogen-bond acceptors (Lipinski definition) is 2. The zero-order chi connectivity index (χ0) is 11.7. The molecule has 0 radical (unpaired) electrons. The van der Waals surface area contributed by atoms with Crippen LogP contribution in [0.5, 0.6) is 0 Å². The van der Waals surface area contributed by atoms with E-state index < -0.39 is 0 Å². The smallest absolute Gasteiger partial charge is 0.0766 e. The van der Waals surface area contributed by atoms with Crippen molar-refractivity contribution < 1.29 is 0 Å². The number of hydrogen-bond donors (Lipinski definition) is 1. The van der Waals surface area contributed by atoms with Crippen molar-refractivity contribution in [2.75, 3.05) is 0 Å². The number of para-hydroxylation sites is 1. The fraction of sp³-hybridized carbons (Fsp3) is 0.357. The van der Waals surface area contributed by atoms with E-state index in [9.17, 15) is 0 Å². The standard InChI is InChI=1S/C14H17N3/c1-11-9-14(11)15-10-12-7-8-17(16-12)13-5-3-2-4-6-13/h2-8,11,14-15H,9-10H2,1H3. The monoisotopic (exact) mass is 227 g/mol. The Bertz CT molecular complexity index is 489. The van der Waals surface area contributed by atoms with Crippen LogP contribution in [0.3, 0.4) is 0 Å². The van der Waals surface area contributed by atoms with E-state index in [1.807, 2.05) is 29.1 Å². The summed E-state index contributed by atoms with van der Waals surface area (Å²) in [6.45, 7) is 3.15. The Labute approximate surface area is 101 Å². The molecule has 17 heavy (non-hydrogen) atoms. The number of rotatable bonds is 4. The highest BCUT2D eigenvalue weighted by Crippen LogP contribution is 2.29. The van der Waals surface area contributed by atoms with Gasteiger partial charge in [0.15, 0.2) is 0 Å². The Morgan fingerprint density at radius 3 is 2.76 bits per heavy atom. The summed E-state index contributed by atoms with van der Waals surface area (Å²) in [6.07, 6.45) is 3.32. The lowest BCUT2D eigenvalue weighted by molar-refractivity contribution is 0.636. The lowest BCUT2D eigenvalue weighted by Crippen LogP contribution is -2.17. The van der Waals surface area contributed by atoms with Crippen LogP contribution in [0.15, 0.2) is 42.6 Å². The predicted molar refractivity (Wildman–Crippen MR) is 68.0 cm³/mol. The molecule has 0 saturated heterocycles. The zero-order valence-corrected chi connectivity index (χ0v) is 10.0. The first-order valence-electron chi connectivity index (χ1n) is 6.16. The fourth-order valence-corrected chi connectivity index (χ4v) is 2.02. The van der Waals surface area contributed by atoms with Crippen molar-refractivity contribution in [3.05, 3.63) is 48.3 Å². The summed E-state index contributed by atoms with van der Waals surface area (Å²) >= 11 is 0. The van der Waals surface area contributed by atoms with E-state index in [0.29, 0.717) is 6.04 Å². The van der Waals surface area contributed by atoms with Crippen LogP contribution < -0.4 is 5.32 Å². The molecule has 2 aromatic rings. The molecule has 1 aromatic heterocycles. The van der Waals surface area contributed by atoms with Crippen LogP contribution in [-0.4, -0.2) is 15.8 Å². The molecule has 0 spiro atoms. The molecule has 0 amide bonds. The molecular formula is C14H17N3. The number of nitrogens with one attached hydrogen (secondary N) is 1. The Morgan fingerprint density at radius 1 is 1.29 bits per heavy atom. The summed E-state index contributed by atoms with van der Waals surface area (Å²) in [5, 5.41) is 8.07. The molecule has 3 nitrogen and oxygen atoms in total. The van der Waals surface area contributed by atoms with E-state index in [2.05, 4.69) is 35.5 Å². The van der Waals surface area contributed by atoms with Gasteiger partial charge in [-0.15, -0.1) is 0 Å². The highest BCUT2D eigenvalue weighted by atomic mass is 15.3. The van der Waals surface area contributed by atoms with E-state index in [1.54, 1.807) is 0 Å². The molecule has 1 aliphatic rings. The van der Waals surface area contributed by atoms with Crippen molar-refractivity contribution in [1.82, 2.24) is 15.1 Å². The first-order chi connectivity index (χ1) is 8.33. The zero-order valence-electron chi connectivity index (χ0n) is 10.0. The third-order valence-electron chi connectivity index (χ3n) is 3.32. The molecular weight excluding hydrogens is 210 g/mol. The fourth-order valence-electron chi connectivity index (χ4n) is 2.02. The van der Waals surface area contributed by atoms with Crippen LogP contribution in [0.25, 0.3) is 5.69 Å². The second-order valence-electron chi connectivity index (χ2n) is 4.79. The molecule has 88 valence electrons. The first-order valence-corrected chi connectivity index (χ1v) is 6.16. The average Bonchev–Trinajstić information content (AvgIpc) is 2.90. The SMILES string of the molecule is CC1CC1NCc1ccn(-c2ccccc2)n1. The van der Waals surface area contributed by atoms with Gasteiger partial charge < -0.3 is 5.32 Å². The van der Waals surface area contributed by atoms with E-state index in [4.69, 9.17) is 0 Å². The summed E-state index contributed by atoms with van der Waals surface area (Å²) in [4.78, 5) is 0. The largest absolute Gasteiger partial charge is 0.308 e. The van der Waals surface area contributed by atoms with Crippen molar-refractivity contribution in [3.8, 4) is 5.69 Å². The minimum atomic E-state index is 0.705. The highest BCUT2D eigenvalue weighted by molar-refractivity contribution is 5.30. The number of nitrogens with zero attached hydrogens (tertiary/aromatic N) is 2. The Kier molecular flexibility index (Phi) is 2.69. The maximum absolute atomic E-state index is 4.56. The average molecular weight is 227 g/mol. The molecule has 3 heteroatoms. The summed E-state index contributed by atoms with van der Waals surface area (Å²) in [5.41, 5.74) is 2.21. The summed E-state index contributed by atoms with van der Waals surface area (Å²) in [7, 11) is 0. The lowest BCUT2D eigenvalue weighted by Gasteiger charge is -2.01. The Hall–Kier alpha value is -1.61. The Balaban J connectivity index is 1.66.